The molecule has 0 spiro atoms. The van der Waals surface area contributed by atoms with Crippen molar-refractivity contribution >= 4 is 11.6 Å². The van der Waals surface area contributed by atoms with E-state index in [0.29, 0.717) is 6.04 Å². The van der Waals surface area contributed by atoms with Crippen LogP contribution in [0, 0.1) is 0 Å². The lowest BCUT2D eigenvalue weighted by Gasteiger charge is -2.33. The molecule has 1 fully saturated rings. The highest BCUT2D eigenvalue weighted by molar-refractivity contribution is 6.31. The molecule has 0 bridgehead atoms. The molecule has 0 saturated heterocycles. The van der Waals surface area contributed by atoms with Crippen molar-refractivity contribution in [1.29, 1.82) is 0 Å². The van der Waals surface area contributed by atoms with Crippen LogP contribution in [0.2, 0.25) is 5.02 Å². The lowest BCUT2D eigenvalue weighted by molar-refractivity contribution is -0.137. The first-order valence-corrected chi connectivity index (χ1v) is 7.20. The van der Waals surface area contributed by atoms with Crippen molar-refractivity contribution in [3.05, 3.63) is 34.3 Å². The molecule has 20 heavy (non-hydrogen) atoms. The first kappa shape index (κ1) is 15.6. The molecule has 0 aromatic heterocycles. The Hall–Kier alpha value is -0.740. The van der Waals surface area contributed by atoms with E-state index < -0.39 is 11.7 Å². The standard InChI is InChI=1S/C15H19ClF3N/c1-20(2)12-5-3-4-10(8-12)11-6-7-14(16)13(9-11)15(17,18)19/h6-7,9-10,12H,3-5,8H2,1-2H3. The van der Waals surface area contributed by atoms with Crippen LogP contribution in [0.3, 0.4) is 0 Å². The molecule has 0 amide bonds. The van der Waals surface area contributed by atoms with E-state index in [2.05, 4.69) is 4.90 Å². The van der Waals surface area contributed by atoms with Crippen molar-refractivity contribution in [3.63, 3.8) is 0 Å². The predicted molar refractivity (Wildman–Crippen MR) is 75.1 cm³/mol. The number of nitrogens with zero attached hydrogens (tertiary/aromatic N) is 1. The number of alkyl halides is 3. The fourth-order valence-corrected chi connectivity index (χ4v) is 3.17. The Morgan fingerprint density at radius 2 is 1.90 bits per heavy atom. The average molecular weight is 306 g/mol. The first-order valence-electron chi connectivity index (χ1n) is 6.82. The molecule has 1 aromatic rings. The summed E-state index contributed by atoms with van der Waals surface area (Å²) >= 11 is 5.67. The Morgan fingerprint density at radius 1 is 1.20 bits per heavy atom. The Morgan fingerprint density at radius 3 is 2.50 bits per heavy atom. The summed E-state index contributed by atoms with van der Waals surface area (Å²) in [6, 6.07) is 4.78. The van der Waals surface area contributed by atoms with E-state index in [1.807, 2.05) is 14.1 Å². The van der Waals surface area contributed by atoms with Gasteiger partial charge in [-0.25, -0.2) is 0 Å². The van der Waals surface area contributed by atoms with Crippen LogP contribution in [0.15, 0.2) is 18.2 Å². The van der Waals surface area contributed by atoms with E-state index in [1.54, 1.807) is 6.07 Å². The summed E-state index contributed by atoms with van der Waals surface area (Å²) in [6.45, 7) is 0. The second kappa shape index (κ2) is 5.94. The molecule has 1 aliphatic carbocycles. The third-order valence-corrected chi connectivity index (χ3v) is 4.47. The van der Waals surface area contributed by atoms with Gasteiger partial charge in [0.2, 0.25) is 0 Å². The second-order valence-electron chi connectivity index (χ2n) is 5.72. The van der Waals surface area contributed by atoms with Gasteiger partial charge in [0.1, 0.15) is 0 Å². The fourth-order valence-electron chi connectivity index (χ4n) is 2.95. The molecule has 2 atom stereocenters. The van der Waals surface area contributed by atoms with E-state index in [-0.39, 0.29) is 10.9 Å². The van der Waals surface area contributed by atoms with Crippen LogP contribution >= 0.6 is 11.6 Å². The van der Waals surface area contributed by atoms with Crippen LogP contribution < -0.4 is 0 Å². The summed E-state index contributed by atoms with van der Waals surface area (Å²) in [5.41, 5.74) is 0.0388. The first-order chi connectivity index (χ1) is 9.29. The van der Waals surface area contributed by atoms with Crippen molar-refractivity contribution in [2.75, 3.05) is 14.1 Å². The van der Waals surface area contributed by atoms with Crippen LogP contribution in [0.4, 0.5) is 13.2 Å². The summed E-state index contributed by atoms with van der Waals surface area (Å²) in [5.74, 6) is 0.189. The van der Waals surface area contributed by atoms with Crippen LogP contribution in [0.5, 0.6) is 0 Å². The Labute approximate surface area is 122 Å². The molecule has 2 rings (SSSR count). The van der Waals surface area contributed by atoms with E-state index in [0.717, 1.165) is 31.2 Å². The van der Waals surface area contributed by atoms with Gasteiger partial charge in [0.15, 0.2) is 0 Å². The lowest BCUT2D eigenvalue weighted by atomic mass is 9.80. The maximum absolute atomic E-state index is 12.9. The van der Waals surface area contributed by atoms with Crippen LogP contribution in [-0.2, 0) is 6.18 Å². The molecule has 1 aliphatic rings. The molecular formula is C15H19ClF3N. The van der Waals surface area contributed by atoms with E-state index in [1.165, 1.54) is 12.1 Å². The van der Waals surface area contributed by atoms with Gasteiger partial charge in [-0.2, -0.15) is 13.2 Å². The smallest absolute Gasteiger partial charge is 0.306 e. The van der Waals surface area contributed by atoms with Gasteiger partial charge in [-0.15, -0.1) is 0 Å². The zero-order chi connectivity index (χ0) is 14.9. The number of halogens is 4. The van der Waals surface area contributed by atoms with Crippen LogP contribution in [0.25, 0.3) is 0 Å². The number of benzene rings is 1. The van der Waals surface area contributed by atoms with Gasteiger partial charge >= 0.3 is 6.18 Å². The van der Waals surface area contributed by atoms with Gasteiger partial charge in [-0.05, 0) is 57.0 Å². The largest absolute Gasteiger partial charge is 0.417 e. The summed E-state index contributed by atoms with van der Waals surface area (Å²) in [5, 5.41) is -0.221. The Bertz CT molecular complexity index is 471. The van der Waals surface area contributed by atoms with Gasteiger partial charge in [0, 0.05) is 6.04 Å². The molecule has 2 unspecified atom stereocenters. The van der Waals surface area contributed by atoms with Gasteiger partial charge in [-0.3, -0.25) is 0 Å². The minimum Gasteiger partial charge on any atom is -0.306 e. The number of hydrogen-bond donors (Lipinski definition) is 0. The average Bonchev–Trinajstić information content (AvgIpc) is 2.38. The number of rotatable bonds is 2. The lowest BCUT2D eigenvalue weighted by Crippen LogP contribution is -2.32. The normalized spacial score (nSPS) is 24.1. The van der Waals surface area contributed by atoms with E-state index >= 15 is 0 Å². The van der Waals surface area contributed by atoms with Crippen molar-refractivity contribution in [1.82, 2.24) is 4.90 Å². The molecule has 5 heteroatoms. The van der Waals surface area contributed by atoms with Gasteiger partial charge in [0.25, 0.3) is 0 Å². The van der Waals surface area contributed by atoms with Crippen molar-refractivity contribution in [2.24, 2.45) is 0 Å². The third-order valence-electron chi connectivity index (χ3n) is 4.14. The molecule has 1 saturated carbocycles. The van der Waals surface area contributed by atoms with Crippen molar-refractivity contribution < 1.29 is 13.2 Å². The summed E-state index contributed by atoms with van der Waals surface area (Å²) < 4.78 is 38.7. The molecule has 0 radical (unpaired) electrons. The van der Waals surface area contributed by atoms with Gasteiger partial charge < -0.3 is 4.90 Å². The zero-order valence-electron chi connectivity index (χ0n) is 11.7. The SMILES string of the molecule is CN(C)C1CCCC(c2ccc(Cl)c(C(F)(F)F)c2)C1. The molecule has 112 valence electrons. The van der Waals surface area contributed by atoms with Crippen LogP contribution in [0.1, 0.15) is 42.7 Å². The van der Waals surface area contributed by atoms with E-state index in [4.69, 9.17) is 11.6 Å². The van der Waals surface area contributed by atoms with E-state index in [9.17, 15) is 13.2 Å². The highest BCUT2D eigenvalue weighted by atomic mass is 35.5. The monoisotopic (exact) mass is 305 g/mol. The molecule has 0 N–H and O–H groups in total. The Balaban J connectivity index is 2.25. The Kier molecular flexibility index (Phi) is 4.65. The maximum atomic E-state index is 12.9. The topological polar surface area (TPSA) is 3.24 Å². The minimum absolute atomic E-state index is 0.189. The molecule has 0 aliphatic heterocycles. The maximum Gasteiger partial charge on any atom is 0.417 e. The summed E-state index contributed by atoms with van der Waals surface area (Å²) in [6.07, 6.45) is -0.362. The predicted octanol–water partition coefficient (Wildman–Crippen LogP) is 4.95. The van der Waals surface area contributed by atoms with Crippen LogP contribution in [-0.4, -0.2) is 25.0 Å². The summed E-state index contributed by atoms with van der Waals surface area (Å²) in [7, 11) is 4.05. The molecule has 0 heterocycles. The number of hydrogen-bond acceptors (Lipinski definition) is 1. The highest BCUT2D eigenvalue weighted by Gasteiger charge is 2.34. The molecule has 1 nitrogen and oxygen atoms in total. The second-order valence-corrected chi connectivity index (χ2v) is 6.13. The minimum atomic E-state index is -4.39. The summed E-state index contributed by atoms with van der Waals surface area (Å²) in [4.78, 5) is 2.16. The highest BCUT2D eigenvalue weighted by Crippen LogP contribution is 2.40. The third kappa shape index (κ3) is 3.47. The molecule has 1 aromatic carbocycles. The quantitative estimate of drug-likeness (QED) is 0.747. The van der Waals surface area contributed by atoms with Gasteiger partial charge in [-0.1, -0.05) is 24.1 Å². The fraction of sp³-hybridized carbons (Fsp3) is 0.600. The van der Waals surface area contributed by atoms with Gasteiger partial charge in [0.05, 0.1) is 10.6 Å². The zero-order valence-corrected chi connectivity index (χ0v) is 12.4. The molecular weight excluding hydrogens is 287 g/mol. The van der Waals surface area contributed by atoms with Crippen molar-refractivity contribution in [3.8, 4) is 0 Å². The van der Waals surface area contributed by atoms with Crippen molar-refractivity contribution in [2.45, 2.75) is 43.8 Å².